The molecule has 3 saturated heterocycles. The monoisotopic (exact) mass is 1420 g/mol. The van der Waals surface area contributed by atoms with Gasteiger partial charge in [-0.15, -0.1) is 0 Å². The molecule has 19 heteroatoms. The summed E-state index contributed by atoms with van der Waals surface area (Å²) in [6.45, 7) is 1.75. The number of carbonyl (C=O) groups is 1. The van der Waals surface area contributed by atoms with Crippen LogP contribution in [-0.4, -0.2) is 193 Å². The molecule has 0 aromatic rings. The normalized spacial score (nSPS) is 26.7. The largest absolute Gasteiger partial charge is 0.394 e. The van der Waals surface area contributed by atoms with Gasteiger partial charge in [-0.05, 0) is 64.2 Å². The highest BCUT2D eigenvalue weighted by atomic mass is 16.8. The standard InChI is InChI=1S/C81H149NO18/c1-3-5-7-9-11-13-15-17-19-21-23-25-27-28-29-30-31-32-33-34-35-37-38-40-42-44-46-48-50-52-54-56-58-65(86)64(82-69(87)59-57-55-53-51-49-47-45-43-41-39-36-26-24-22-20-18-16-14-12-10-8-6-4-2)63-95-79-75(93)72(90)77(67(61-84)97-79)100-81-76(94)73(91)78(68(62-85)98-81)99-80-74(92)71(89)70(88)66(60-83)96-80/h16,18,22,24,48,50,56,58,64-68,70-81,83-86,88-94H,3-15,17,19-21,23,25-47,49,51-55,57,59-63H2,1-2H3,(H,82,87)/b18-16-,24-22-,50-48+,58-56+. The van der Waals surface area contributed by atoms with Crippen molar-refractivity contribution in [3.8, 4) is 0 Å². The summed E-state index contributed by atoms with van der Waals surface area (Å²) in [7, 11) is 0. The molecule has 3 heterocycles. The van der Waals surface area contributed by atoms with Gasteiger partial charge >= 0.3 is 0 Å². The number of amides is 1. The van der Waals surface area contributed by atoms with Gasteiger partial charge < -0.3 is 89.9 Å². The van der Waals surface area contributed by atoms with Gasteiger partial charge in [0.2, 0.25) is 5.91 Å². The van der Waals surface area contributed by atoms with Crippen LogP contribution in [0.3, 0.4) is 0 Å². The van der Waals surface area contributed by atoms with Crippen molar-refractivity contribution in [2.45, 2.75) is 433 Å². The fraction of sp³-hybridized carbons (Fsp3) is 0.889. The lowest BCUT2D eigenvalue weighted by molar-refractivity contribution is -0.379. The summed E-state index contributed by atoms with van der Waals surface area (Å²) in [5, 5.41) is 121. The third-order valence-corrected chi connectivity index (χ3v) is 20.3. The SMILES string of the molecule is CCCCCCC/C=C\C/C=C\CCCCCCCCCCCCCC(=O)NC(COC1OC(CO)C(OC2OC(CO)C(OC3OC(CO)C(O)C(O)C3O)C(O)C2O)C(O)C1O)C(O)/C=C/CC/C=C/CCCCCCCCCCCCCCCCCCCCCCCCCCCC. The summed E-state index contributed by atoms with van der Waals surface area (Å²) in [6.07, 6.45) is 51.1. The molecule has 100 heavy (non-hydrogen) atoms. The molecule has 12 N–H and O–H groups in total. The smallest absolute Gasteiger partial charge is 0.220 e. The molecule has 0 radical (unpaired) electrons. The van der Waals surface area contributed by atoms with Crippen LogP contribution in [0.1, 0.15) is 328 Å². The molecule has 17 unspecified atom stereocenters. The number of aliphatic hydroxyl groups is 11. The summed E-state index contributed by atoms with van der Waals surface area (Å²) in [5.41, 5.74) is 0. The average Bonchev–Trinajstić information content (AvgIpc) is 0.783. The Morgan fingerprint density at radius 1 is 0.360 bits per heavy atom. The van der Waals surface area contributed by atoms with Crippen molar-refractivity contribution >= 4 is 5.91 Å². The third-order valence-electron chi connectivity index (χ3n) is 20.3. The fourth-order valence-electron chi connectivity index (χ4n) is 13.8. The zero-order valence-corrected chi connectivity index (χ0v) is 62.7. The molecule has 0 aliphatic carbocycles. The minimum atomic E-state index is -1.98. The van der Waals surface area contributed by atoms with Crippen LogP contribution in [0, 0.1) is 0 Å². The van der Waals surface area contributed by atoms with Gasteiger partial charge in [-0.1, -0.05) is 306 Å². The number of ether oxygens (including phenoxy) is 6. The lowest BCUT2D eigenvalue weighted by atomic mass is 9.96. The maximum Gasteiger partial charge on any atom is 0.220 e. The summed E-state index contributed by atoms with van der Waals surface area (Å²) < 4.78 is 34.4. The van der Waals surface area contributed by atoms with Gasteiger partial charge in [-0.25, -0.2) is 0 Å². The number of carbonyl (C=O) groups excluding carboxylic acids is 1. The Morgan fingerprint density at radius 2 is 0.670 bits per heavy atom. The quantitative estimate of drug-likeness (QED) is 0.0199. The molecule has 3 rings (SSSR count). The molecule has 3 aliphatic rings. The molecule has 17 atom stereocenters. The molecule has 586 valence electrons. The summed E-state index contributed by atoms with van der Waals surface area (Å²) in [4.78, 5) is 13.5. The second kappa shape index (κ2) is 61.9. The van der Waals surface area contributed by atoms with Gasteiger partial charge in [0.05, 0.1) is 38.6 Å². The van der Waals surface area contributed by atoms with E-state index in [0.717, 1.165) is 51.4 Å². The topological polar surface area (TPSA) is 307 Å². The molecule has 3 aliphatic heterocycles. The first-order chi connectivity index (χ1) is 48.8. The second-order valence-electron chi connectivity index (χ2n) is 29.2. The van der Waals surface area contributed by atoms with Crippen LogP contribution in [0.2, 0.25) is 0 Å². The Kier molecular flexibility index (Phi) is 56.9. The van der Waals surface area contributed by atoms with Gasteiger partial charge in [0.15, 0.2) is 18.9 Å². The van der Waals surface area contributed by atoms with Crippen LogP contribution in [0.15, 0.2) is 48.6 Å². The van der Waals surface area contributed by atoms with Crippen LogP contribution >= 0.6 is 0 Å². The number of allylic oxidation sites excluding steroid dienone is 7. The predicted molar refractivity (Wildman–Crippen MR) is 397 cm³/mol. The van der Waals surface area contributed by atoms with Crippen molar-refractivity contribution in [2.24, 2.45) is 0 Å². The van der Waals surface area contributed by atoms with Crippen molar-refractivity contribution in [3.63, 3.8) is 0 Å². The highest BCUT2D eigenvalue weighted by molar-refractivity contribution is 5.76. The van der Waals surface area contributed by atoms with E-state index in [1.54, 1.807) is 6.08 Å². The molecule has 0 spiro atoms. The average molecular weight is 1430 g/mol. The van der Waals surface area contributed by atoms with Crippen LogP contribution in [-0.2, 0) is 33.2 Å². The predicted octanol–water partition coefficient (Wildman–Crippen LogP) is 13.7. The lowest BCUT2D eigenvalue weighted by Crippen LogP contribution is -2.66. The van der Waals surface area contributed by atoms with Gasteiger partial charge in [0.1, 0.15) is 73.2 Å². The van der Waals surface area contributed by atoms with Crippen molar-refractivity contribution < 1.29 is 89.4 Å². The Morgan fingerprint density at radius 3 is 1.06 bits per heavy atom. The van der Waals surface area contributed by atoms with Crippen LogP contribution in [0.4, 0.5) is 0 Å². The summed E-state index contributed by atoms with van der Waals surface area (Å²) in [6, 6.07) is -0.994. The van der Waals surface area contributed by atoms with E-state index in [1.807, 2.05) is 6.08 Å². The van der Waals surface area contributed by atoms with Crippen LogP contribution < -0.4 is 5.32 Å². The third kappa shape index (κ3) is 41.6. The van der Waals surface area contributed by atoms with Gasteiger partial charge in [-0.2, -0.15) is 0 Å². The first-order valence-corrected chi connectivity index (χ1v) is 40.9. The molecular formula is C81H149NO18. The van der Waals surface area contributed by atoms with Crippen molar-refractivity contribution in [1.82, 2.24) is 5.32 Å². The first-order valence-electron chi connectivity index (χ1n) is 40.9. The van der Waals surface area contributed by atoms with E-state index in [9.17, 15) is 61.0 Å². The van der Waals surface area contributed by atoms with Crippen LogP contribution in [0.25, 0.3) is 0 Å². The number of hydrogen-bond acceptors (Lipinski definition) is 18. The van der Waals surface area contributed by atoms with Gasteiger partial charge in [-0.3, -0.25) is 4.79 Å². The Labute approximate surface area is 605 Å². The second-order valence-corrected chi connectivity index (χ2v) is 29.2. The molecule has 1 amide bonds. The molecule has 19 nitrogen and oxygen atoms in total. The highest BCUT2D eigenvalue weighted by Gasteiger charge is 2.54. The summed E-state index contributed by atoms with van der Waals surface area (Å²) in [5.74, 6) is -0.284. The molecule has 0 saturated carbocycles. The maximum atomic E-state index is 13.5. The lowest BCUT2D eigenvalue weighted by Gasteiger charge is -2.48. The van der Waals surface area contributed by atoms with E-state index in [4.69, 9.17) is 28.4 Å². The molecule has 0 bridgehead atoms. The van der Waals surface area contributed by atoms with Crippen molar-refractivity contribution in [2.75, 3.05) is 26.4 Å². The fourth-order valence-corrected chi connectivity index (χ4v) is 13.8. The van der Waals surface area contributed by atoms with E-state index in [-0.39, 0.29) is 18.9 Å². The zero-order valence-electron chi connectivity index (χ0n) is 62.7. The van der Waals surface area contributed by atoms with E-state index in [2.05, 4.69) is 55.6 Å². The van der Waals surface area contributed by atoms with E-state index < -0.39 is 124 Å². The number of aliphatic hydroxyl groups excluding tert-OH is 11. The number of rotatable bonds is 65. The molecule has 3 fully saturated rings. The minimum Gasteiger partial charge on any atom is -0.394 e. The number of nitrogens with one attached hydrogen (secondary N) is 1. The Balaban J connectivity index is 1.38. The van der Waals surface area contributed by atoms with Gasteiger partial charge in [0.25, 0.3) is 0 Å². The van der Waals surface area contributed by atoms with E-state index in [1.165, 1.54) is 244 Å². The van der Waals surface area contributed by atoms with E-state index >= 15 is 0 Å². The maximum absolute atomic E-state index is 13.5. The molecule has 0 aromatic heterocycles. The number of hydrogen-bond donors (Lipinski definition) is 12. The minimum absolute atomic E-state index is 0.233. The Hall–Kier alpha value is -2.25. The van der Waals surface area contributed by atoms with Crippen LogP contribution in [0.5, 0.6) is 0 Å². The first kappa shape index (κ1) is 92.0. The molecular weight excluding hydrogens is 1270 g/mol. The molecule has 0 aromatic carbocycles. The zero-order chi connectivity index (χ0) is 72.5. The summed E-state index contributed by atoms with van der Waals surface area (Å²) >= 11 is 0. The van der Waals surface area contributed by atoms with E-state index in [0.29, 0.717) is 12.8 Å². The number of unbranched alkanes of at least 4 members (excludes halogenated alkanes) is 43. The van der Waals surface area contributed by atoms with Crippen molar-refractivity contribution in [3.05, 3.63) is 48.6 Å². The van der Waals surface area contributed by atoms with Gasteiger partial charge in [0, 0.05) is 6.42 Å². The highest BCUT2D eigenvalue weighted by Crippen LogP contribution is 2.33. The Bertz CT molecular complexity index is 1990. The van der Waals surface area contributed by atoms with Crippen molar-refractivity contribution in [1.29, 1.82) is 0 Å².